The molecule has 20 heavy (non-hydrogen) atoms. The van der Waals surface area contributed by atoms with Crippen molar-refractivity contribution in [2.75, 3.05) is 6.61 Å². The van der Waals surface area contributed by atoms with Crippen molar-refractivity contribution in [1.29, 1.82) is 0 Å². The van der Waals surface area contributed by atoms with Crippen molar-refractivity contribution in [3.63, 3.8) is 0 Å². The summed E-state index contributed by atoms with van der Waals surface area (Å²) in [6, 6.07) is 9.75. The lowest BCUT2D eigenvalue weighted by Gasteiger charge is -2.10. The van der Waals surface area contributed by atoms with E-state index in [1.807, 2.05) is 17.4 Å². The van der Waals surface area contributed by atoms with Crippen LogP contribution in [-0.2, 0) is 4.79 Å². The zero-order chi connectivity index (χ0) is 14.5. The first-order valence-electron chi connectivity index (χ1n) is 5.81. The van der Waals surface area contributed by atoms with Crippen LogP contribution in [0.2, 0.25) is 0 Å². The first-order valence-corrected chi connectivity index (χ1v) is 5.81. The number of nitrogens with one attached hydrogen (secondary N) is 1. The van der Waals surface area contributed by atoms with E-state index in [1.165, 1.54) is 0 Å². The minimum atomic E-state index is -0.951. The number of carbonyl (C=O) groups is 3. The number of carbonyl (C=O) groups excluding carboxylic acids is 3. The minimum Gasteiger partial charge on any atom is -0.483 e. The van der Waals surface area contributed by atoms with E-state index in [0.717, 1.165) is 10.8 Å². The average Bonchev–Trinajstić information content (AvgIpc) is 2.43. The highest BCUT2D eigenvalue weighted by molar-refractivity contribution is 6.01. The van der Waals surface area contributed by atoms with Crippen LogP contribution in [0, 0.1) is 0 Å². The number of nitrogens with two attached hydrogens (primary N) is 1. The number of amides is 3. The van der Waals surface area contributed by atoms with Gasteiger partial charge in [0.05, 0.1) is 5.56 Å². The number of primary amides is 1. The van der Waals surface area contributed by atoms with Gasteiger partial charge >= 0.3 is 6.03 Å². The topological polar surface area (TPSA) is 98.5 Å². The maximum Gasteiger partial charge on any atom is 0.318 e. The number of rotatable bonds is 4. The first-order chi connectivity index (χ1) is 9.61. The lowest BCUT2D eigenvalue weighted by atomic mass is 10.0. The standard InChI is InChI=1S/C14H12N2O4/c15-14(19)16-13(18)8-20-12-6-5-9-3-1-2-4-10(9)11(12)7-17/h1-7H,8H2,(H3,15,16,18,19). The van der Waals surface area contributed by atoms with Gasteiger partial charge in [0.15, 0.2) is 12.9 Å². The van der Waals surface area contributed by atoms with Gasteiger partial charge in [-0.25, -0.2) is 4.79 Å². The van der Waals surface area contributed by atoms with E-state index >= 15 is 0 Å². The smallest absolute Gasteiger partial charge is 0.318 e. The molecule has 0 saturated heterocycles. The van der Waals surface area contributed by atoms with Crippen LogP contribution >= 0.6 is 0 Å². The minimum absolute atomic E-state index is 0.276. The average molecular weight is 272 g/mol. The fraction of sp³-hybridized carbons (Fsp3) is 0.0714. The molecule has 0 unspecified atom stereocenters. The molecule has 0 saturated carbocycles. The summed E-state index contributed by atoms with van der Waals surface area (Å²) in [4.78, 5) is 33.0. The highest BCUT2D eigenvalue weighted by atomic mass is 16.5. The van der Waals surface area contributed by atoms with E-state index in [-0.39, 0.29) is 5.75 Å². The third-order valence-corrected chi connectivity index (χ3v) is 2.67. The molecule has 0 radical (unpaired) electrons. The van der Waals surface area contributed by atoms with E-state index in [4.69, 9.17) is 10.5 Å². The fourth-order valence-corrected chi connectivity index (χ4v) is 1.84. The Kier molecular flexibility index (Phi) is 3.95. The Bertz CT molecular complexity index is 682. The number of aldehydes is 1. The van der Waals surface area contributed by atoms with Crippen LogP contribution in [0.25, 0.3) is 10.8 Å². The molecule has 0 atom stereocenters. The van der Waals surface area contributed by atoms with Gasteiger partial charge in [-0.2, -0.15) is 0 Å². The summed E-state index contributed by atoms with van der Waals surface area (Å²) < 4.78 is 5.25. The van der Waals surface area contributed by atoms with Crippen molar-refractivity contribution in [3.8, 4) is 5.75 Å². The highest BCUT2D eigenvalue weighted by Crippen LogP contribution is 2.26. The highest BCUT2D eigenvalue weighted by Gasteiger charge is 2.10. The van der Waals surface area contributed by atoms with Crippen LogP contribution in [0.1, 0.15) is 10.4 Å². The summed E-state index contributed by atoms with van der Waals surface area (Å²) in [5, 5.41) is 3.50. The molecule has 102 valence electrons. The van der Waals surface area contributed by atoms with Gasteiger partial charge in [0.25, 0.3) is 5.91 Å². The van der Waals surface area contributed by atoms with Crippen molar-refractivity contribution in [2.45, 2.75) is 0 Å². The lowest BCUT2D eigenvalue weighted by Crippen LogP contribution is -2.38. The molecule has 0 aliphatic carbocycles. The van der Waals surface area contributed by atoms with Crippen LogP contribution in [0.15, 0.2) is 36.4 Å². The van der Waals surface area contributed by atoms with Gasteiger partial charge in [0.1, 0.15) is 5.75 Å². The summed E-state index contributed by atoms with van der Waals surface area (Å²) in [6.45, 7) is -0.401. The van der Waals surface area contributed by atoms with Crippen molar-refractivity contribution in [1.82, 2.24) is 5.32 Å². The molecule has 0 spiro atoms. The van der Waals surface area contributed by atoms with Gasteiger partial charge < -0.3 is 10.5 Å². The monoisotopic (exact) mass is 272 g/mol. The van der Waals surface area contributed by atoms with E-state index in [9.17, 15) is 14.4 Å². The number of fused-ring (bicyclic) bond motifs is 1. The van der Waals surface area contributed by atoms with Crippen LogP contribution < -0.4 is 15.8 Å². The quantitative estimate of drug-likeness (QED) is 0.817. The molecule has 2 aromatic carbocycles. The molecule has 3 amide bonds. The van der Waals surface area contributed by atoms with E-state index in [1.54, 1.807) is 24.3 Å². The summed E-state index contributed by atoms with van der Waals surface area (Å²) in [7, 11) is 0. The molecule has 2 aromatic rings. The van der Waals surface area contributed by atoms with Gasteiger partial charge in [-0.3, -0.25) is 14.9 Å². The van der Waals surface area contributed by atoms with E-state index in [0.29, 0.717) is 11.8 Å². The Balaban J connectivity index is 2.24. The second kappa shape index (κ2) is 5.83. The van der Waals surface area contributed by atoms with Gasteiger partial charge in [-0.1, -0.05) is 30.3 Å². The number of hydrogen-bond acceptors (Lipinski definition) is 4. The predicted octanol–water partition coefficient (Wildman–Crippen LogP) is 1.23. The summed E-state index contributed by atoms with van der Waals surface area (Å²) in [5.74, 6) is -0.402. The Morgan fingerprint density at radius 3 is 2.65 bits per heavy atom. The summed E-state index contributed by atoms with van der Waals surface area (Å²) in [5.41, 5.74) is 5.17. The second-order valence-electron chi connectivity index (χ2n) is 4.02. The molecule has 2 rings (SSSR count). The third-order valence-electron chi connectivity index (χ3n) is 2.67. The third kappa shape index (κ3) is 2.92. The van der Waals surface area contributed by atoms with Crippen LogP contribution in [-0.4, -0.2) is 24.8 Å². The predicted molar refractivity (Wildman–Crippen MR) is 72.6 cm³/mol. The molecule has 6 nitrogen and oxygen atoms in total. The molecule has 0 fully saturated rings. The van der Waals surface area contributed by atoms with Gasteiger partial charge in [0.2, 0.25) is 0 Å². The van der Waals surface area contributed by atoms with Crippen molar-refractivity contribution in [3.05, 3.63) is 42.0 Å². The number of urea groups is 1. The number of hydrogen-bond donors (Lipinski definition) is 2. The normalized spacial score (nSPS) is 10.0. The number of benzene rings is 2. The summed E-state index contributed by atoms with van der Waals surface area (Å²) >= 11 is 0. The number of imide groups is 1. The van der Waals surface area contributed by atoms with Crippen molar-refractivity contribution >= 4 is 29.0 Å². The molecule has 0 aromatic heterocycles. The maximum atomic E-state index is 11.3. The van der Waals surface area contributed by atoms with Crippen LogP contribution in [0.5, 0.6) is 5.75 Å². The van der Waals surface area contributed by atoms with Gasteiger partial charge in [-0.15, -0.1) is 0 Å². The zero-order valence-corrected chi connectivity index (χ0v) is 10.5. The Morgan fingerprint density at radius 1 is 1.20 bits per heavy atom. The molecule has 0 bridgehead atoms. The zero-order valence-electron chi connectivity index (χ0n) is 10.5. The van der Waals surface area contributed by atoms with Crippen LogP contribution in [0.3, 0.4) is 0 Å². The van der Waals surface area contributed by atoms with Crippen molar-refractivity contribution < 1.29 is 19.1 Å². The van der Waals surface area contributed by atoms with Crippen LogP contribution in [0.4, 0.5) is 4.79 Å². The molecular weight excluding hydrogens is 260 g/mol. The molecule has 0 aliphatic rings. The largest absolute Gasteiger partial charge is 0.483 e. The Morgan fingerprint density at radius 2 is 1.95 bits per heavy atom. The summed E-state index contributed by atoms with van der Waals surface area (Å²) in [6.07, 6.45) is 0.670. The van der Waals surface area contributed by atoms with Gasteiger partial charge in [0, 0.05) is 0 Å². The fourth-order valence-electron chi connectivity index (χ4n) is 1.84. The number of ether oxygens (including phenoxy) is 1. The second-order valence-corrected chi connectivity index (χ2v) is 4.02. The Hall–Kier alpha value is -2.89. The molecule has 6 heteroatoms. The molecule has 0 heterocycles. The maximum absolute atomic E-state index is 11.3. The van der Waals surface area contributed by atoms with E-state index in [2.05, 4.69) is 0 Å². The van der Waals surface area contributed by atoms with E-state index < -0.39 is 18.5 Å². The SMILES string of the molecule is NC(=O)NC(=O)COc1ccc2ccccc2c1C=O. The first kappa shape index (κ1) is 13.5. The molecule has 3 N–H and O–H groups in total. The molecular formula is C14H12N2O4. The van der Waals surface area contributed by atoms with Crippen molar-refractivity contribution in [2.24, 2.45) is 5.73 Å². The lowest BCUT2D eigenvalue weighted by molar-refractivity contribution is -0.121. The van der Waals surface area contributed by atoms with Gasteiger partial charge in [-0.05, 0) is 16.8 Å². The molecule has 0 aliphatic heterocycles. The Labute approximate surface area is 114 Å².